The summed E-state index contributed by atoms with van der Waals surface area (Å²) in [5.41, 5.74) is 1.09. The number of fused-ring (bicyclic) bond motifs is 1. The molecule has 3 rings (SSSR count). The number of carbonyl (C=O) groups excluding carboxylic acids is 1. The van der Waals surface area contributed by atoms with Crippen LogP contribution in [0.15, 0.2) is 36.4 Å². The maximum Gasteiger partial charge on any atom is 0.257 e. The molecule has 126 valence electrons. The molecule has 0 atom stereocenters. The van der Waals surface area contributed by atoms with Crippen molar-refractivity contribution in [3.05, 3.63) is 53.3 Å². The zero-order valence-corrected chi connectivity index (χ0v) is 13.5. The van der Waals surface area contributed by atoms with Crippen molar-refractivity contribution >= 4 is 5.91 Å². The summed E-state index contributed by atoms with van der Waals surface area (Å²) in [5, 5.41) is 0. The van der Waals surface area contributed by atoms with E-state index < -0.39 is 5.82 Å². The Morgan fingerprint density at radius 1 is 1.17 bits per heavy atom. The monoisotopic (exact) mass is 331 g/mol. The SMILES string of the molecule is COc1ccc(F)cc1C(=O)N(C)Cc1ccc2c(c1)OCCO2. The molecular weight excluding hydrogens is 313 g/mol. The summed E-state index contributed by atoms with van der Waals surface area (Å²) in [5.74, 6) is 0.914. The fourth-order valence-corrected chi connectivity index (χ4v) is 2.58. The number of carbonyl (C=O) groups is 1. The minimum Gasteiger partial charge on any atom is -0.496 e. The lowest BCUT2D eigenvalue weighted by Crippen LogP contribution is -2.27. The molecule has 0 saturated carbocycles. The third-order valence-corrected chi connectivity index (χ3v) is 3.76. The fourth-order valence-electron chi connectivity index (χ4n) is 2.58. The molecule has 0 radical (unpaired) electrons. The van der Waals surface area contributed by atoms with Crippen LogP contribution >= 0.6 is 0 Å². The lowest BCUT2D eigenvalue weighted by atomic mass is 10.1. The first-order valence-electron chi connectivity index (χ1n) is 7.56. The Morgan fingerprint density at radius 2 is 1.92 bits per heavy atom. The Kier molecular flexibility index (Phi) is 4.55. The van der Waals surface area contributed by atoms with Crippen LogP contribution in [-0.2, 0) is 6.54 Å². The van der Waals surface area contributed by atoms with Crippen LogP contribution in [0.25, 0.3) is 0 Å². The Labute approximate surface area is 139 Å². The molecule has 0 unspecified atom stereocenters. The number of hydrogen-bond acceptors (Lipinski definition) is 4. The van der Waals surface area contributed by atoms with Crippen LogP contribution in [0.4, 0.5) is 4.39 Å². The molecule has 1 aliphatic heterocycles. The third kappa shape index (κ3) is 3.27. The van der Waals surface area contributed by atoms with Crippen LogP contribution in [-0.4, -0.2) is 38.2 Å². The van der Waals surface area contributed by atoms with Gasteiger partial charge in [-0.05, 0) is 35.9 Å². The van der Waals surface area contributed by atoms with E-state index in [0.29, 0.717) is 37.0 Å². The van der Waals surface area contributed by atoms with Gasteiger partial charge in [0.2, 0.25) is 0 Å². The molecule has 2 aromatic carbocycles. The highest BCUT2D eigenvalue weighted by molar-refractivity contribution is 5.96. The smallest absolute Gasteiger partial charge is 0.257 e. The molecule has 0 spiro atoms. The van der Waals surface area contributed by atoms with E-state index in [9.17, 15) is 9.18 Å². The van der Waals surface area contributed by atoms with Crippen molar-refractivity contribution in [2.24, 2.45) is 0 Å². The van der Waals surface area contributed by atoms with E-state index in [1.807, 2.05) is 18.2 Å². The molecule has 6 heteroatoms. The summed E-state index contributed by atoms with van der Waals surface area (Å²) in [6.07, 6.45) is 0. The number of nitrogens with zero attached hydrogens (tertiary/aromatic N) is 1. The number of benzene rings is 2. The van der Waals surface area contributed by atoms with Crippen molar-refractivity contribution in [3.63, 3.8) is 0 Å². The first kappa shape index (κ1) is 16.1. The molecule has 1 heterocycles. The first-order chi connectivity index (χ1) is 11.6. The van der Waals surface area contributed by atoms with Crippen LogP contribution in [0.1, 0.15) is 15.9 Å². The molecule has 0 fully saturated rings. The summed E-state index contributed by atoms with van der Waals surface area (Å²) >= 11 is 0. The highest BCUT2D eigenvalue weighted by Gasteiger charge is 2.19. The number of amides is 1. The first-order valence-corrected chi connectivity index (χ1v) is 7.56. The Hall–Kier alpha value is -2.76. The van der Waals surface area contributed by atoms with E-state index in [-0.39, 0.29) is 11.5 Å². The molecule has 5 nitrogen and oxygen atoms in total. The zero-order valence-electron chi connectivity index (χ0n) is 13.5. The molecule has 0 bridgehead atoms. The molecule has 0 N–H and O–H groups in total. The standard InChI is InChI=1S/C18H18FNO4/c1-20(18(21)14-10-13(19)4-6-15(14)22-2)11-12-3-5-16-17(9-12)24-8-7-23-16/h3-6,9-10H,7-8,11H2,1-2H3. The van der Waals surface area contributed by atoms with Gasteiger partial charge < -0.3 is 19.1 Å². The summed E-state index contributed by atoms with van der Waals surface area (Å²) in [6, 6.07) is 9.44. The highest BCUT2D eigenvalue weighted by Crippen LogP contribution is 2.31. The minimum atomic E-state index is -0.480. The quantitative estimate of drug-likeness (QED) is 0.864. The molecular formula is C18H18FNO4. The van der Waals surface area contributed by atoms with Gasteiger partial charge in [0.25, 0.3) is 5.91 Å². The Morgan fingerprint density at radius 3 is 2.67 bits per heavy atom. The van der Waals surface area contributed by atoms with Crippen molar-refractivity contribution in [2.75, 3.05) is 27.4 Å². The van der Waals surface area contributed by atoms with Crippen LogP contribution < -0.4 is 14.2 Å². The van der Waals surface area contributed by atoms with Gasteiger partial charge in [0, 0.05) is 13.6 Å². The molecule has 1 aliphatic rings. The molecule has 0 aromatic heterocycles. The predicted molar refractivity (Wildman–Crippen MR) is 86.2 cm³/mol. The number of ether oxygens (including phenoxy) is 3. The molecule has 0 saturated heterocycles. The Balaban J connectivity index is 1.78. The Bertz CT molecular complexity index is 763. The van der Waals surface area contributed by atoms with E-state index >= 15 is 0 Å². The van der Waals surface area contributed by atoms with Crippen LogP contribution in [0.5, 0.6) is 17.2 Å². The van der Waals surface area contributed by atoms with Crippen LogP contribution in [0.2, 0.25) is 0 Å². The highest BCUT2D eigenvalue weighted by atomic mass is 19.1. The average Bonchev–Trinajstić information content (AvgIpc) is 2.61. The second kappa shape index (κ2) is 6.78. The summed E-state index contributed by atoms with van der Waals surface area (Å²) < 4.78 is 29.6. The molecule has 0 aliphatic carbocycles. The van der Waals surface area contributed by atoms with E-state index in [4.69, 9.17) is 14.2 Å². The van der Waals surface area contributed by atoms with Gasteiger partial charge in [-0.25, -0.2) is 4.39 Å². The van der Waals surface area contributed by atoms with E-state index in [0.717, 1.165) is 5.56 Å². The van der Waals surface area contributed by atoms with Gasteiger partial charge in [0.1, 0.15) is 24.8 Å². The van der Waals surface area contributed by atoms with Crippen molar-refractivity contribution in [3.8, 4) is 17.2 Å². The maximum absolute atomic E-state index is 13.5. The van der Waals surface area contributed by atoms with Crippen LogP contribution in [0.3, 0.4) is 0 Å². The normalized spacial score (nSPS) is 12.6. The van der Waals surface area contributed by atoms with Gasteiger partial charge in [0.15, 0.2) is 11.5 Å². The second-order valence-electron chi connectivity index (χ2n) is 5.48. The average molecular weight is 331 g/mol. The van der Waals surface area contributed by atoms with Gasteiger partial charge in [-0.3, -0.25) is 4.79 Å². The lowest BCUT2D eigenvalue weighted by Gasteiger charge is -2.21. The maximum atomic E-state index is 13.5. The molecule has 2 aromatic rings. The summed E-state index contributed by atoms with van der Waals surface area (Å²) in [7, 11) is 3.11. The van der Waals surface area contributed by atoms with Gasteiger partial charge in [-0.2, -0.15) is 0 Å². The summed E-state index contributed by atoms with van der Waals surface area (Å²) in [6.45, 7) is 1.39. The van der Waals surface area contributed by atoms with E-state index in [1.54, 1.807) is 7.05 Å². The number of halogens is 1. The van der Waals surface area contributed by atoms with Crippen molar-refractivity contribution in [1.29, 1.82) is 0 Å². The van der Waals surface area contributed by atoms with Crippen molar-refractivity contribution < 1.29 is 23.4 Å². The van der Waals surface area contributed by atoms with E-state index in [2.05, 4.69) is 0 Å². The lowest BCUT2D eigenvalue weighted by molar-refractivity contribution is 0.0781. The van der Waals surface area contributed by atoms with Gasteiger partial charge in [0.05, 0.1) is 12.7 Å². The van der Waals surface area contributed by atoms with Gasteiger partial charge in [-0.15, -0.1) is 0 Å². The third-order valence-electron chi connectivity index (χ3n) is 3.76. The second-order valence-corrected chi connectivity index (χ2v) is 5.48. The minimum absolute atomic E-state index is 0.192. The number of rotatable bonds is 4. The molecule has 24 heavy (non-hydrogen) atoms. The van der Waals surface area contributed by atoms with Gasteiger partial charge >= 0.3 is 0 Å². The number of methoxy groups -OCH3 is 1. The summed E-state index contributed by atoms with van der Waals surface area (Å²) in [4.78, 5) is 14.1. The largest absolute Gasteiger partial charge is 0.496 e. The number of hydrogen-bond donors (Lipinski definition) is 0. The van der Waals surface area contributed by atoms with E-state index in [1.165, 1.54) is 30.2 Å². The zero-order chi connectivity index (χ0) is 17.1. The van der Waals surface area contributed by atoms with Crippen LogP contribution in [0, 0.1) is 5.82 Å². The van der Waals surface area contributed by atoms with Crippen molar-refractivity contribution in [1.82, 2.24) is 4.90 Å². The topological polar surface area (TPSA) is 48.0 Å². The van der Waals surface area contributed by atoms with Crippen molar-refractivity contribution in [2.45, 2.75) is 6.54 Å². The fraction of sp³-hybridized carbons (Fsp3) is 0.278. The molecule has 1 amide bonds. The predicted octanol–water partition coefficient (Wildman–Crippen LogP) is 2.88. The van der Waals surface area contributed by atoms with Gasteiger partial charge in [-0.1, -0.05) is 6.07 Å².